The Hall–Kier alpha value is -1.24. The maximum absolute atomic E-state index is 11.0. The SMILES string of the molecule is N#COC(=O)c1ccc(Cl)cc1Cl. The molecule has 0 aliphatic heterocycles. The minimum Gasteiger partial charge on any atom is -0.347 e. The van der Waals surface area contributed by atoms with E-state index in [9.17, 15) is 4.79 Å². The molecule has 0 bridgehead atoms. The van der Waals surface area contributed by atoms with Crippen molar-refractivity contribution in [2.75, 3.05) is 0 Å². The van der Waals surface area contributed by atoms with Crippen molar-refractivity contribution in [3.05, 3.63) is 33.8 Å². The molecule has 13 heavy (non-hydrogen) atoms. The van der Waals surface area contributed by atoms with Gasteiger partial charge in [-0.05, 0) is 18.2 Å². The number of nitriles is 1. The average molecular weight is 216 g/mol. The fourth-order valence-electron chi connectivity index (χ4n) is 0.751. The van der Waals surface area contributed by atoms with E-state index >= 15 is 0 Å². The van der Waals surface area contributed by atoms with Gasteiger partial charge in [-0.1, -0.05) is 23.2 Å². The molecule has 0 atom stereocenters. The maximum atomic E-state index is 11.0. The average Bonchev–Trinajstić information content (AvgIpc) is 2.04. The van der Waals surface area contributed by atoms with Gasteiger partial charge in [-0.15, -0.1) is 5.26 Å². The molecule has 1 aromatic rings. The molecular weight excluding hydrogens is 213 g/mol. The number of hydrogen-bond donors (Lipinski definition) is 0. The lowest BCUT2D eigenvalue weighted by Crippen LogP contribution is -2.01. The largest absolute Gasteiger partial charge is 0.354 e. The minimum absolute atomic E-state index is 0.118. The van der Waals surface area contributed by atoms with Crippen LogP contribution >= 0.6 is 23.2 Å². The summed E-state index contributed by atoms with van der Waals surface area (Å²) < 4.78 is 4.09. The summed E-state index contributed by atoms with van der Waals surface area (Å²) in [7, 11) is 0. The van der Waals surface area contributed by atoms with Crippen LogP contribution in [0.15, 0.2) is 18.2 Å². The van der Waals surface area contributed by atoms with Crippen molar-refractivity contribution in [1.82, 2.24) is 0 Å². The first kappa shape index (κ1) is 9.85. The van der Waals surface area contributed by atoms with Crippen molar-refractivity contribution < 1.29 is 9.53 Å². The zero-order chi connectivity index (χ0) is 9.84. The Kier molecular flexibility index (Phi) is 3.13. The van der Waals surface area contributed by atoms with E-state index in [1.54, 1.807) is 0 Å². The zero-order valence-electron chi connectivity index (χ0n) is 6.25. The van der Waals surface area contributed by atoms with E-state index in [0.717, 1.165) is 0 Å². The number of hydrogen-bond acceptors (Lipinski definition) is 3. The van der Waals surface area contributed by atoms with Crippen LogP contribution < -0.4 is 0 Å². The fraction of sp³-hybridized carbons (Fsp3) is 0. The number of ether oxygens (including phenoxy) is 1. The van der Waals surface area contributed by atoms with Crippen LogP contribution in [0.1, 0.15) is 10.4 Å². The predicted octanol–water partition coefficient (Wildman–Crippen LogP) is 2.63. The van der Waals surface area contributed by atoms with Crippen LogP contribution in [-0.4, -0.2) is 5.97 Å². The van der Waals surface area contributed by atoms with E-state index in [-0.39, 0.29) is 10.6 Å². The number of halogens is 2. The summed E-state index contributed by atoms with van der Waals surface area (Å²) >= 11 is 11.3. The molecule has 0 aliphatic rings. The van der Waals surface area contributed by atoms with Gasteiger partial charge >= 0.3 is 5.97 Å². The van der Waals surface area contributed by atoms with Gasteiger partial charge in [0.1, 0.15) is 0 Å². The molecule has 0 heterocycles. The van der Waals surface area contributed by atoms with Crippen LogP contribution in [-0.2, 0) is 4.74 Å². The molecule has 0 aromatic heterocycles. The van der Waals surface area contributed by atoms with Gasteiger partial charge in [-0.2, -0.15) is 0 Å². The zero-order valence-corrected chi connectivity index (χ0v) is 7.76. The predicted molar refractivity (Wildman–Crippen MR) is 47.5 cm³/mol. The lowest BCUT2D eigenvalue weighted by molar-refractivity contribution is 0.0685. The van der Waals surface area contributed by atoms with Crippen molar-refractivity contribution in [3.63, 3.8) is 0 Å². The highest BCUT2D eigenvalue weighted by Crippen LogP contribution is 2.21. The van der Waals surface area contributed by atoms with Gasteiger partial charge in [0.15, 0.2) is 0 Å². The summed E-state index contributed by atoms with van der Waals surface area (Å²) in [6, 6.07) is 4.28. The summed E-state index contributed by atoms with van der Waals surface area (Å²) in [5, 5.41) is 8.66. The summed E-state index contributed by atoms with van der Waals surface area (Å²) in [5.74, 6) is -0.788. The van der Waals surface area contributed by atoms with Gasteiger partial charge in [0.05, 0.1) is 10.6 Å². The van der Waals surface area contributed by atoms with E-state index in [1.807, 2.05) is 0 Å². The van der Waals surface area contributed by atoms with E-state index in [0.29, 0.717) is 5.02 Å². The molecule has 0 aliphatic carbocycles. The highest BCUT2D eigenvalue weighted by Gasteiger charge is 2.11. The molecule has 1 rings (SSSR count). The second kappa shape index (κ2) is 4.13. The third-order valence-corrected chi connectivity index (χ3v) is 1.84. The first-order chi connectivity index (χ1) is 6.15. The van der Waals surface area contributed by atoms with Gasteiger partial charge in [-0.25, -0.2) is 4.79 Å². The number of benzene rings is 1. The van der Waals surface area contributed by atoms with Crippen LogP contribution in [0.3, 0.4) is 0 Å². The molecule has 0 saturated carbocycles. The Morgan fingerprint density at radius 3 is 2.69 bits per heavy atom. The van der Waals surface area contributed by atoms with Gasteiger partial charge in [0.25, 0.3) is 6.26 Å². The molecule has 66 valence electrons. The van der Waals surface area contributed by atoms with Gasteiger partial charge < -0.3 is 4.74 Å². The van der Waals surface area contributed by atoms with Crippen LogP contribution in [0.5, 0.6) is 0 Å². The normalized spacial score (nSPS) is 9.00. The molecule has 3 nitrogen and oxygen atoms in total. The maximum Gasteiger partial charge on any atom is 0.354 e. The topological polar surface area (TPSA) is 50.1 Å². The van der Waals surface area contributed by atoms with Crippen LogP contribution in [0, 0.1) is 11.5 Å². The van der Waals surface area contributed by atoms with Crippen molar-refractivity contribution >= 4 is 29.2 Å². The summed E-state index contributed by atoms with van der Waals surface area (Å²) in [5.41, 5.74) is 0.118. The number of carbonyl (C=O) groups is 1. The Morgan fingerprint density at radius 2 is 2.15 bits per heavy atom. The molecule has 0 fully saturated rings. The number of esters is 1. The molecule has 1 aromatic carbocycles. The van der Waals surface area contributed by atoms with E-state index in [2.05, 4.69) is 4.74 Å². The van der Waals surface area contributed by atoms with E-state index in [1.165, 1.54) is 24.5 Å². The van der Waals surface area contributed by atoms with Crippen molar-refractivity contribution in [3.8, 4) is 6.26 Å². The first-order valence-electron chi connectivity index (χ1n) is 3.20. The Bertz CT molecular complexity index is 384. The Labute approximate surface area is 84.4 Å². The summed E-state index contributed by atoms with van der Waals surface area (Å²) in [6.45, 7) is 0. The second-order valence-electron chi connectivity index (χ2n) is 2.10. The Morgan fingerprint density at radius 1 is 1.46 bits per heavy atom. The number of nitrogens with zero attached hydrogens (tertiary/aromatic N) is 1. The highest BCUT2D eigenvalue weighted by molar-refractivity contribution is 6.36. The van der Waals surface area contributed by atoms with Gasteiger partial charge in [0, 0.05) is 5.02 Å². The molecule has 0 unspecified atom stereocenters. The van der Waals surface area contributed by atoms with Crippen molar-refractivity contribution in [2.45, 2.75) is 0 Å². The molecule has 0 amide bonds. The third-order valence-electron chi connectivity index (χ3n) is 1.29. The van der Waals surface area contributed by atoms with E-state index in [4.69, 9.17) is 28.5 Å². The molecule has 0 saturated heterocycles. The molecular formula is C8H3Cl2NO2. The molecule has 5 heteroatoms. The minimum atomic E-state index is -0.788. The molecule has 0 radical (unpaired) electrons. The van der Waals surface area contributed by atoms with Crippen LogP contribution in [0.2, 0.25) is 10.0 Å². The third kappa shape index (κ3) is 2.35. The standard InChI is InChI=1S/C8H3Cl2NO2/c9-5-1-2-6(7(10)3-5)8(12)13-4-11/h1-3H. The fourth-order valence-corrected chi connectivity index (χ4v) is 1.24. The van der Waals surface area contributed by atoms with Gasteiger partial charge in [0.2, 0.25) is 0 Å². The number of rotatable bonds is 1. The van der Waals surface area contributed by atoms with Gasteiger partial charge in [-0.3, -0.25) is 0 Å². The highest BCUT2D eigenvalue weighted by atomic mass is 35.5. The monoisotopic (exact) mass is 215 g/mol. The lowest BCUT2D eigenvalue weighted by Gasteiger charge is -1.99. The second-order valence-corrected chi connectivity index (χ2v) is 2.95. The number of carbonyl (C=O) groups excluding carboxylic acids is 1. The lowest BCUT2D eigenvalue weighted by atomic mass is 10.2. The molecule has 0 N–H and O–H groups in total. The quantitative estimate of drug-likeness (QED) is 0.535. The van der Waals surface area contributed by atoms with Crippen LogP contribution in [0.4, 0.5) is 0 Å². The first-order valence-corrected chi connectivity index (χ1v) is 3.96. The molecule has 0 spiro atoms. The van der Waals surface area contributed by atoms with Crippen molar-refractivity contribution in [1.29, 1.82) is 5.26 Å². The van der Waals surface area contributed by atoms with E-state index < -0.39 is 5.97 Å². The van der Waals surface area contributed by atoms with Crippen molar-refractivity contribution in [2.24, 2.45) is 0 Å². The van der Waals surface area contributed by atoms with Crippen LogP contribution in [0.25, 0.3) is 0 Å². The smallest absolute Gasteiger partial charge is 0.347 e. The Balaban J connectivity index is 3.03. The summed E-state index contributed by atoms with van der Waals surface area (Å²) in [4.78, 5) is 11.0. The summed E-state index contributed by atoms with van der Waals surface area (Å²) in [6.07, 6.45) is 1.27.